The van der Waals surface area contributed by atoms with Crippen molar-refractivity contribution in [1.29, 1.82) is 0 Å². The number of pyridine rings is 1. The molecule has 0 bridgehead atoms. The second-order valence-corrected chi connectivity index (χ2v) is 7.82. The van der Waals surface area contributed by atoms with Gasteiger partial charge in [-0.3, -0.25) is 14.6 Å². The number of methoxy groups -OCH3 is 1. The first-order valence-corrected chi connectivity index (χ1v) is 10.3. The number of piperazine rings is 1. The van der Waals surface area contributed by atoms with Crippen LogP contribution < -0.4 is 4.74 Å². The normalized spacial score (nSPS) is 20.8. The molecule has 2 aromatic rings. The molecule has 0 spiro atoms. The second-order valence-electron chi connectivity index (χ2n) is 7.82. The summed E-state index contributed by atoms with van der Waals surface area (Å²) in [6.07, 6.45) is 8.79. The van der Waals surface area contributed by atoms with E-state index in [4.69, 9.17) is 4.74 Å². The van der Waals surface area contributed by atoms with Gasteiger partial charge < -0.3 is 14.5 Å². The summed E-state index contributed by atoms with van der Waals surface area (Å²) in [4.78, 5) is 34.5. The average Bonchev–Trinajstić information content (AvgIpc) is 2.77. The molecule has 1 aliphatic carbocycles. The van der Waals surface area contributed by atoms with Gasteiger partial charge in [-0.2, -0.15) is 0 Å². The molecule has 1 unspecified atom stereocenters. The second kappa shape index (κ2) is 8.64. The van der Waals surface area contributed by atoms with E-state index in [2.05, 4.69) is 4.98 Å². The van der Waals surface area contributed by atoms with Crippen LogP contribution >= 0.6 is 0 Å². The Bertz CT molecular complexity index is 865. The van der Waals surface area contributed by atoms with Crippen molar-refractivity contribution in [1.82, 2.24) is 14.8 Å². The molecule has 2 amide bonds. The van der Waals surface area contributed by atoms with E-state index in [0.717, 1.165) is 42.6 Å². The van der Waals surface area contributed by atoms with Gasteiger partial charge in [0.05, 0.1) is 7.11 Å². The monoisotopic (exact) mass is 393 g/mol. The van der Waals surface area contributed by atoms with Gasteiger partial charge in [-0.15, -0.1) is 0 Å². The molecule has 1 saturated carbocycles. The number of rotatable bonds is 5. The Morgan fingerprint density at radius 3 is 2.66 bits per heavy atom. The lowest BCUT2D eigenvalue weighted by Crippen LogP contribution is -2.58. The van der Waals surface area contributed by atoms with Crippen molar-refractivity contribution in [2.45, 2.75) is 50.7 Å². The topological polar surface area (TPSA) is 62.7 Å². The van der Waals surface area contributed by atoms with Gasteiger partial charge in [0.15, 0.2) is 0 Å². The molecule has 2 aliphatic rings. The van der Waals surface area contributed by atoms with Gasteiger partial charge in [0.1, 0.15) is 18.3 Å². The Morgan fingerprint density at radius 1 is 1.10 bits per heavy atom. The maximum Gasteiger partial charge on any atom is 0.250 e. The molecule has 1 aliphatic heterocycles. The molecule has 1 atom stereocenters. The van der Waals surface area contributed by atoms with Crippen LogP contribution in [0, 0.1) is 0 Å². The third-order valence-electron chi connectivity index (χ3n) is 5.96. The number of nitrogens with zero attached hydrogens (tertiary/aromatic N) is 3. The predicted molar refractivity (Wildman–Crippen MR) is 109 cm³/mol. The van der Waals surface area contributed by atoms with E-state index in [1.54, 1.807) is 24.4 Å². The van der Waals surface area contributed by atoms with Crippen molar-refractivity contribution in [2.24, 2.45) is 0 Å². The van der Waals surface area contributed by atoms with Crippen molar-refractivity contribution in [3.05, 3.63) is 59.9 Å². The lowest BCUT2D eigenvalue weighted by Gasteiger charge is -2.44. The fraction of sp³-hybridized carbons (Fsp3) is 0.435. The van der Waals surface area contributed by atoms with E-state index in [0.29, 0.717) is 6.54 Å². The molecule has 1 aromatic heterocycles. The van der Waals surface area contributed by atoms with Crippen molar-refractivity contribution in [3.63, 3.8) is 0 Å². The van der Waals surface area contributed by atoms with Crippen LogP contribution in [0.4, 0.5) is 0 Å². The number of hydrogen-bond acceptors (Lipinski definition) is 4. The van der Waals surface area contributed by atoms with Crippen LogP contribution in [0.1, 0.15) is 49.3 Å². The van der Waals surface area contributed by atoms with Gasteiger partial charge in [-0.25, -0.2) is 0 Å². The predicted octanol–water partition coefficient (Wildman–Crippen LogP) is 3.34. The highest BCUT2D eigenvalue weighted by molar-refractivity contribution is 5.95. The van der Waals surface area contributed by atoms with E-state index in [1.165, 1.54) is 6.42 Å². The van der Waals surface area contributed by atoms with Gasteiger partial charge >= 0.3 is 0 Å². The molecular weight excluding hydrogens is 366 g/mol. The highest BCUT2D eigenvalue weighted by Gasteiger charge is 2.43. The van der Waals surface area contributed by atoms with Crippen molar-refractivity contribution in [3.8, 4) is 5.75 Å². The van der Waals surface area contributed by atoms with Crippen LogP contribution in [0.5, 0.6) is 5.75 Å². The average molecular weight is 393 g/mol. The van der Waals surface area contributed by atoms with E-state index in [9.17, 15) is 9.59 Å². The summed E-state index contributed by atoms with van der Waals surface area (Å²) < 4.78 is 5.31. The lowest BCUT2D eigenvalue weighted by atomic mass is 9.91. The molecule has 6 heteroatoms. The molecule has 6 nitrogen and oxygen atoms in total. The van der Waals surface area contributed by atoms with Crippen molar-refractivity contribution < 1.29 is 14.3 Å². The number of aromatic nitrogens is 1. The fourth-order valence-electron chi connectivity index (χ4n) is 4.46. The molecule has 2 heterocycles. The van der Waals surface area contributed by atoms with E-state index in [1.807, 2.05) is 41.3 Å². The molecule has 1 aromatic carbocycles. The summed E-state index contributed by atoms with van der Waals surface area (Å²) in [5.74, 6) is 0.722. The summed E-state index contributed by atoms with van der Waals surface area (Å²) in [6, 6.07) is 10.9. The van der Waals surface area contributed by atoms with Crippen LogP contribution in [-0.2, 0) is 16.1 Å². The molecule has 4 rings (SSSR count). The number of hydrogen-bond donors (Lipinski definition) is 0. The van der Waals surface area contributed by atoms with Gasteiger partial charge in [0.25, 0.3) is 5.91 Å². The molecular formula is C23H27N3O3. The molecule has 2 fully saturated rings. The van der Waals surface area contributed by atoms with Crippen LogP contribution in [0.25, 0.3) is 0 Å². The van der Waals surface area contributed by atoms with Crippen LogP contribution in [0.2, 0.25) is 0 Å². The zero-order chi connectivity index (χ0) is 20.2. The van der Waals surface area contributed by atoms with E-state index in [-0.39, 0.29) is 24.4 Å². The van der Waals surface area contributed by atoms with Gasteiger partial charge in [0, 0.05) is 30.5 Å². The first-order valence-electron chi connectivity index (χ1n) is 10.3. The van der Waals surface area contributed by atoms with Crippen molar-refractivity contribution in [2.75, 3.05) is 13.7 Å². The van der Waals surface area contributed by atoms with Gasteiger partial charge in [-0.1, -0.05) is 37.5 Å². The first kappa shape index (κ1) is 19.4. The lowest BCUT2D eigenvalue weighted by molar-refractivity contribution is -0.160. The smallest absolute Gasteiger partial charge is 0.250 e. The van der Waals surface area contributed by atoms with Crippen LogP contribution in [0.15, 0.2) is 48.8 Å². The minimum atomic E-state index is -0.641. The zero-order valence-electron chi connectivity index (χ0n) is 16.8. The van der Waals surface area contributed by atoms with E-state index >= 15 is 0 Å². The van der Waals surface area contributed by atoms with Gasteiger partial charge in [-0.05, 0) is 36.6 Å². The Labute approximate surface area is 171 Å². The largest absolute Gasteiger partial charge is 0.497 e. The first-order chi connectivity index (χ1) is 14.2. The summed E-state index contributed by atoms with van der Waals surface area (Å²) in [6.45, 7) is 0.518. The summed E-state index contributed by atoms with van der Waals surface area (Å²) in [5.41, 5.74) is 1.69. The Morgan fingerprint density at radius 2 is 1.93 bits per heavy atom. The fourth-order valence-corrected chi connectivity index (χ4v) is 4.46. The maximum absolute atomic E-state index is 13.6. The standard InChI is InChI=1S/C23H27N3O3/c1-29-20-11-5-7-17(13-20)15-26-21(27)16-25(19-9-3-2-4-10-19)23(28)22(26)18-8-6-12-24-14-18/h5-8,11-14,19,22H,2-4,9-10,15-16H2,1H3. The minimum Gasteiger partial charge on any atom is -0.497 e. The highest BCUT2D eigenvalue weighted by Crippen LogP contribution is 2.33. The number of ether oxygens (including phenoxy) is 1. The van der Waals surface area contributed by atoms with Crippen LogP contribution in [-0.4, -0.2) is 46.3 Å². The number of carbonyl (C=O) groups excluding carboxylic acids is 2. The van der Waals surface area contributed by atoms with E-state index < -0.39 is 6.04 Å². The maximum atomic E-state index is 13.6. The van der Waals surface area contributed by atoms with Gasteiger partial charge in [0.2, 0.25) is 5.91 Å². The number of carbonyl (C=O) groups is 2. The third-order valence-corrected chi connectivity index (χ3v) is 5.96. The quantitative estimate of drug-likeness (QED) is 0.782. The van der Waals surface area contributed by atoms with Crippen LogP contribution in [0.3, 0.4) is 0 Å². The summed E-state index contributed by atoms with van der Waals surface area (Å²) in [5, 5.41) is 0. The molecule has 1 saturated heterocycles. The number of amides is 2. The SMILES string of the molecule is COc1cccc(CN2C(=O)CN(C3CCCCC3)C(=O)C2c2cccnc2)c1. The molecule has 29 heavy (non-hydrogen) atoms. The highest BCUT2D eigenvalue weighted by atomic mass is 16.5. The molecule has 152 valence electrons. The number of benzene rings is 1. The Hall–Kier alpha value is -2.89. The Balaban J connectivity index is 1.65. The zero-order valence-corrected chi connectivity index (χ0v) is 16.8. The summed E-state index contributed by atoms with van der Waals surface area (Å²) >= 11 is 0. The summed E-state index contributed by atoms with van der Waals surface area (Å²) in [7, 11) is 1.62. The third kappa shape index (κ3) is 4.11. The Kier molecular flexibility index (Phi) is 5.79. The minimum absolute atomic E-state index is 0.00685. The van der Waals surface area contributed by atoms with Crippen molar-refractivity contribution >= 4 is 11.8 Å². The molecule has 0 radical (unpaired) electrons. The molecule has 0 N–H and O–H groups in total.